The molecular formula is C15H14ClNO2. The number of benzene rings is 2. The minimum Gasteiger partial charge on any atom is -0.486 e. The van der Waals surface area contributed by atoms with Crippen molar-refractivity contribution in [2.45, 2.75) is 6.42 Å². The van der Waals surface area contributed by atoms with E-state index in [0.717, 1.165) is 29.0 Å². The Labute approximate surface area is 116 Å². The number of hydrogen-bond donors (Lipinski definition) is 1. The van der Waals surface area contributed by atoms with Crippen LogP contribution in [-0.2, 0) is 6.42 Å². The van der Waals surface area contributed by atoms with Gasteiger partial charge in [-0.2, -0.15) is 0 Å². The lowest BCUT2D eigenvalue weighted by molar-refractivity contribution is 0.171. The molecule has 0 saturated heterocycles. The van der Waals surface area contributed by atoms with Gasteiger partial charge in [0, 0.05) is 0 Å². The zero-order valence-electron chi connectivity index (χ0n) is 10.4. The maximum absolute atomic E-state index is 5.92. The van der Waals surface area contributed by atoms with Gasteiger partial charge in [-0.1, -0.05) is 23.7 Å². The van der Waals surface area contributed by atoms with Gasteiger partial charge in [-0.25, -0.2) is 0 Å². The molecule has 0 spiro atoms. The Morgan fingerprint density at radius 3 is 2.42 bits per heavy atom. The van der Waals surface area contributed by atoms with Gasteiger partial charge < -0.3 is 15.2 Å². The second-order valence-electron chi connectivity index (χ2n) is 4.51. The molecule has 3 nitrogen and oxygen atoms in total. The summed E-state index contributed by atoms with van der Waals surface area (Å²) in [4.78, 5) is 0. The summed E-state index contributed by atoms with van der Waals surface area (Å²) in [5.74, 6) is 1.62. The standard InChI is InChI=1S/C15H14ClNO2/c16-12-3-1-10(8-13(12)17)7-11-2-4-14-15(9-11)19-6-5-18-14/h1-4,8-9H,5-7,17H2. The Balaban J connectivity index is 1.84. The van der Waals surface area contributed by atoms with E-state index in [-0.39, 0.29) is 0 Å². The average molecular weight is 276 g/mol. The maximum atomic E-state index is 5.92. The lowest BCUT2D eigenvalue weighted by Crippen LogP contribution is -2.15. The van der Waals surface area contributed by atoms with Crippen LogP contribution in [0.5, 0.6) is 11.5 Å². The normalized spacial score (nSPS) is 13.3. The molecule has 0 saturated carbocycles. The van der Waals surface area contributed by atoms with E-state index in [2.05, 4.69) is 0 Å². The van der Waals surface area contributed by atoms with Gasteiger partial charge in [0.1, 0.15) is 13.2 Å². The molecule has 2 aromatic carbocycles. The van der Waals surface area contributed by atoms with Crippen LogP contribution in [-0.4, -0.2) is 13.2 Å². The molecule has 98 valence electrons. The topological polar surface area (TPSA) is 44.5 Å². The number of fused-ring (bicyclic) bond motifs is 1. The fourth-order valence-corrected chi connectivity index (χ4v) is 2.25. The van der Waals surface area contributed by atoms with Crippen LogP contribution in [0.25, 0.3) is 0 Å². The van der Waals surface area contributed by atoms with E-state index < -0.39 is 0 Å². The number of nitrogen functional groups attached to an aromatic ring is 1. The van der Waals surface area contributed by atoms with Gasteiger partial charge in [-0.15, -0.1) is 0 Å². The van der Waals surface area contributed by atoms with Gasteiger partial charge in [-0.3, -0.25) is 0 Å². The van der Waals surface area contributed by atoms with Crippen molar-refractivity contribution in [3.8, 4) is 11.5 Å². The molecule has 0 aliphatic carbocycles. The molecule has 19 heavy (non-hydrogen) atoms. The highest BCUT2D eigenvalue weighted by molar-refractivity contribution is 6.33. The highest BCUT2D eigenvalue weighted by Crippen LogP contribution is 2.31. The number of halogens is 1. The van der Waals surface area contributed by atoms with Crippen LogP contribution in [0, 0.1) is 0 Å². The summed E-state index contributed by atoms with van der Waals surface area (Å²) in [6.45, 7) is 1.21. The molecule has 0 unspecified atom stereocenters. The van der Waals surface area contributed by atoms with Crippen molar-refractivity contribution in [1.82, 2.24) is 0 Å². The second-order valence-corrected chi connectivity index (χ2v) is 4.92. The summed E-state index contributed by atoms with van der Waals surface area (Å²) in [7, 11) is 0. The van der Waals surface area contributed by atoms with E-state index >= 15 is 0 Å². The summed E-state index contributed by atoms with van der Waals surface area (Å²) in [6.07, 6.45) is 0.790. The van der Waals surface area contributed by atoms with Crippen LogP contribution in [0.4, 0.5) is 5.69 Å². The van der Waals surface area contributed by atoms with Crippen molar-refractivity contribution >= 4 is 17.3 Å². The first kappa shape index (κ1) is 12.2. The third-order valence-electron chi connectivity index (χ3n) is 3.08. The van der Waals surface area contributed by atoms with Gasteiger partial charge in [0.2, 0.25) is 0 Å². The Morgan fingerprint density at radius 1 is 0.947 bits per heavy atom. The number of anilines is 1. The minimum atomic E-state index is 0.589. The van der Waals surface area contributed by atoms with E-state index in [1.165, 1.54) is 0 Å². The summed E-state index contributed by atoms with van der Waals surface area (Å²) < 4.78 is 11.1. The zero-order valence-corrected chi connectivity index (χ0v) is 11.1. The smallest absolute Gasteiger partial charge is 0.161 e. The van der Waals surface area contributed by atoms with Crippen molar-refractivity contribution in [3.63, 3.8) is 0 Å². The number of hydrogen-bond acceptors (Lipinski definition) is 3. The minimum absolute atomic E-state index is 0.589. The highest BCUT2D eigenvalue weighted by Gasteiger charge is 2.11. The van der Waals surface area contributed by atoms with E-state index in [9.17, 15) is 0 Å². The molecule has 3 rings (SSSR count). The van der Waals surface area contributed by atoms with Crippen LogP contribution in [0.2, 0.25) is 5.02 Å². The number of rotatable bonds is 2. The first-order valence-corrected chi connectivity index (χ1v) is 6.52. The first-order valence-electron chi connectivity index (χ1n) is 6.15. The molecule has 0 amide bonds. The molecule has 0 atom stereocenters. The molecule has 0 fully saturated rings. The molecule has 1 aliphatic rings. The Morgan fingerprint density at radius 2 is 1.63 bits per heavy atom. The zero-order chi connectivity index (χ0) is 13.2. The third-order valence-corrected chi connectivity index (χ3v) is 3.42. The van der Waals surface area contributed by atoms with Crippen LogP contribution in [0.15, 0.2) is 36.4 Å². The van der Waals surface area contributed by atoms with Gasteiger partial charge in [0.15, 0.2) is 11.5 Å². The van der Waals surface area contributed by atoms with Crippen LogP contribution in [0.3, 0.4) is 0 Å². The van der Waals surface area contributed by atoms with E-state index in [1.54, 1.807) is 0 Å². The van der Waals surface area contributed by atoms with Crippen LogP contribution < -0.4 is 15.2 Å². The molecule has 1 heterocycles. The van der Waals surface area contributed by atoms with Crippen LogP contribution >= 0.6 is 11.6 Å². The molecule has 0 bridgehead atoms. The van der Waals surface area contributed by atoms with Crippen molar-refractivity contribution < 1.29 is 9.47 Å². The van der Waals surface area contributed by atoms with Gasteiger partial charge in [-0.05, 0) is 41.8 Å². The summed E-state index contributed by atoms with van der Waals surface area (Å²) in [5, 5.41) is 0.589. The molecule has 0 radical (unpaired) electrons. The Hall–Kier alpha value is -1.87. The van der Waals surface area contributed by atoms with Crippen molar-refractivity contribution in [3.05, 3.63) is 52.5 Å². The second kappa shape index (κ2) is 5.02. The predicted octanol–water partition coefficient (Wildman–Crippen LogP) is 3.28. The monoisotopic (exact) mass is 275 g/mol. The first-order chi connectivity index (χ1) is 9.22. The van der Waals surface area contributed by atoms with Crippen molar-refractivity contribution in [1.29, 1.82) is 0 Å². The summed E-state index contributed by atoms with van der Waals surface area (Å²) in [6, 6.07) is 11.7. The lowest BCUT2D eigenvalue weighted by Gasteiger charge is -2.18. The van der Waals surface area contributed by atoms with Crippen molar-refractivity contribution in [2.24, 2.45) is 0 Å². The average Bonchev–Trinajstić information content (AvgIpc) is 2.43. The van der Waals surface area contributed by atoms with E-state index in [1.807, 2.05) is 36.4 Å². The maximum Gasteiger partial charge on any atom is 0.161 e. The Bertz CT molecular complexity index is 613. The lowest BCUT2D eigenvalue weighted by atomic mass is 10.0. The van der Waals surface area contributed by atoms with Crippen molar-refractivity contribution in [2.75, 3.05) is 18.9 Å². The van der Waals surface area contributed by atoms with Gasteiger partial charge >= 0.3 is 0 Å². The number of ether oxygens (including phenoxy) is 2. The molecule has 2 N–H and O–H groups in total. The molecular weight excluding hydrogens is 262 g/mol. The van der Waals surface area contributed by atoms with Crippen LogP contribution in [0.1, 0.15) is 11.1 Å². The quantitative estimate of drug-likeness (QED) is 0.856. The summed E-state index contributed by atoms with van der Waals surface area (Å²) in [5.41, 5.74) is 8.70. The Kier molecular flexibility index (Phi) is 3.22. The molecule has 1 aliphatic heterocycles. The molecule has 0 aromatic heterocycles. The predicted molar refractivity (Wildman–Crippen MR) is 76.1 cm³/mol. The highest BCUT2D eigenvalue weighted by atomic mass is 35.5. The molecule has 4 heteroatoms. The van der Waals surface area contributed by atoms with Gasteiger partial charge in [0.05, 0.1) is 10.7 Å². The van der Waals surface area contributed by atoms with Gasteiger partial charge in [0.25, 0.3) is 0 Å². The fraction of sp³-hybridized carbons (Fsp3) is 0.200. The largest absolute Gasteiger partial charge is 0.486 e. The molecule has 2 aromatic rings. The van der Waals surface area contributed by atoms with E-state index in [0.29, 0.717) is 23.9 Å². The number of nitrogens with two attached hydrogens (primary N) is 1. The fourth-order valence-electron chi connectivity index (χ4n) is 2.14. The summed E-state index contributed by atoms with van der Waals surface area (Å²) >= 11 is 5.92. The van der Waals surface area contributed by atoms with E-state index in [4.69, 9.17) is 26.8 Å². The SMILES string of the molecule is Nc1cc(Cc2ccc3c(c2)OCCO3)ccc1Cl. The third kappa shape index (κ3) is 2.61.